The Balaban J connectivity index is 1.13. The van der Waals surface area contributed by atoms with E-state index in [4.69, 9.17) is 4.99 Å². The molecule has 4 heteroatoms. The van der Waals surface area contributed by atoms with Crippen molar-refractivity contribution in [3.05, 3.63) is 90.8 Å². The summed E-state index contributed by atoms with van der Waals surface area (Å²) in [5, 5.41) is 3.36. The molecule has 10 aliphatic heterocycles. The van der Waals surface area contributed by atoms with E-state index in [0.717, 1.165) is 5.69 Å². The number of benzene rings is 2. The van der Waals surface area contributed by atoms with E-state index in [1.807, 2.05) is 12.3 Å². The number of hydrogen-bond acceptors (Lipinski definition) is 2. The van der Waals surface area contributed by atoms with Crippen molar-refractivity contribution in [3.8, 4) is 0 Å². The molecule has 6 atom stereocenters. The third kappa shape index (κ3) is 0.343. The fourth-order valence-corrected chi connectivity index (χ4v) is 113. The third-order valence-corrected chi connectivity index (χ3v) is 69.2. The van der Waals surface area contributed by atoms with E-state index >= 15 is 0 Å². The third-order valence-electron chi connectivity index (χ3n) is 19.0. The molecule has 0 bridgehead atoms. The average molecular weight is 502 g/mol. The summed E-state index contributed by atoms with van der Waals surface area (Å²) >= 11 is 0. The van der Waals surface area contributed by atoms with Crippen molar-refractivity contribution < 1.29 is 6.51 Å². The summed E-state index contributed by atoms with van der Waals surface area (Å²) in [6.07, 6.45) is 4.04. The van der Waals surface area contributed by atoms with Crippen molar-refractivity contribution >= 4 is 24.7 Å². The molecule has 6 unspecified atom stereocenters. The Labute approximate surface area is 191 Å². The van der Waals surface area contributed by atoms with Crippen LogP contribution in [0.1, 0.15) is 12.6 Å². The molecule has 10 saturated heterocycles. The summed E-state index contributed by atoms with van der Waals surface area (Å²) in [7, 11) is -0.304. The van der Waals surface area contributed by atoms with Crippen LogP contribution in [-0.4, -0.2) is 21.3 Å². The molecule has 0 radical (unpaired) electrons. The van der Waals surface area contributed by atoms with Crippen LogP contribution in [0.15, 0.2) is 90.1 Å². The van der Waals surface area contributed by atoms with E-state index in [-0.39, 0.29) is 7.92 Å². The van der Waals surface area contributed by atoms with Gasteiger partial charge in [-0.1, -0.05) is 0 Å². The molecule has 10 fully saturated rings. The Morgan fingerprint density at radius 3 is 1.88 bits per heavy atom. The summed E-state index contributed by atoms with van der Waals surface area (Å²) in [5.74, 6) is 0. The average Bonchev–Trinajstić information content (AvgIpc) is 3.84. The summed E-state index contributed by atoms with van der Waals surface area (Å²) < 4.78 is 1.37. The van der Waals surface area contributed by atoms with Crippen molar-refractivity contribution in [1.82, 2.24) is 4.98 Å². The van der Waals surface area contributed by atoms with Crippen molar-refractivity contribution in [2.24, 2.45) is 4.99 Å². The number of pyridine rings is 1. The van der Waals surface area contributed by atoms with Gasteiger partial charge >= 0.3 is 192 Å². The van der Waals surface area contributed by atoms with Gasteiger partial charge in [-0.05, 0) is 0 Å². The molecule has 1 aromatic heterocycles. The molecule has 0 amide bonds. The van der Waals surface area contributed by atoms with E-state index < -0.39 is 6.51 Å². The molecule has 1 spiro atoms. The molecule has 0 N–H and O–H groups in total. The number of fused-ring (bicyclic) bond motifs is 10. The zero-order valence-corrected chi connectivity index (χ0v) is 21.1. The SMILES string of the molecule is CC(N=Cc1ccccn1)[C]12[CH]3[CH]4[CH]5[C]1(P(c1ccccc1)c1ccccc1)[Fe]43521678[CH]2[CH]1[CH]6[CH]7[CH]28. The molecule has 0 saturated carbocycles. The molecule has 13 rings (SSSR count). The molecule has 34 heavy (non-hydrogen) atoms. The van der Waals surface area contributed by atoms with Crippen LogP contribution >= 0.6 is 7.92 Å². The van der Waals surface area contributed by atoms with Gasteiger partial charge in [0.05, 0.1) is 0 Å². The Morgan fingerprint density at radius 2 is 1.38 bits per heavy atom. The van der Waals surface area contributed by atoms with Gasteiger partial charge in [0, 0.05) is 0 Å². The molecule has 2 aromatic carbocycles. The topological polar surface area (TPSA) is 25.2 Å². The van der Waals surface area contributed by atoms with Gasteiger partial charge in [-0.15, -0.1) is 0 Å². The number of aliphatic imine (C=N–C) groups is 1. The second kappa shape index (κ2) is 2.30. The van der Waals surface area contributed by atoms with Crippen LogP contribution < -0.4 is 10.6 Å². The Kier molecular flexibility index (Phi) is 1.09. The Morgan fingerprint density at radius 1 is 0.794 bits per heavy atom. The first-order valence-electron chi connectivity index (χ1n) is 13.1. The summed E-state index contributed by atoms with van der Waals surface area (Å²) in [4.78, 5) is 20.1. The number of rotatable bonds is 6. The molecule has 0 aliphatic carbocycles. The van der Waals surface area contributed by atoms with Gasteiger partial charge in [-0.2, -0.15) is 0 Å². The molecule has 11 heterocycles. The molecular weight excluding hydrogens is 475 g/mol. The second-order valence-corrected chi connectivity index (χ2v) is 41.0. The van der Waals surface area contributed by atoms with Crippen molar-refractivity contribution in [3.63, 3.8) is 0 Å². The molecule has 170 valence electrons. The minimum atomic E-state index is -3.69. The quantitative estimate of drug-likeness (QED) is 0.210. The van der Waals surface area contributed by atoms with Crippen molar-refractivity contribution in [1.29, 1.82) is 0 Å². The van der Waals surface area contributed by atoms with Gasteiger partial charge in [0.25, 0.3) is 0 Å². The fourth-order valence-electron chi connectivity index (χ4n) is 20.9. The van der Waals surface area contributed by atoms with Crippen LogP contribution in [-0.2, 0) is 6.51 Å². The number of nitrogens with zero attached hydrogens (tertiary/aromatic N) is 2. The van der Waals surface area contributed by atoms with E-state index in [2.05, 4.69) is 90.9 Å². The van der Waals surface area contributed by atoms with Gasteiger partial charge in [0.2, 0.25) is 0 Å². The van der Waals surface area contributed by atoms with Gasteiger partial charge in [0.1, 0.15) is 0 Å². The van der Waals surface area contributed by atoms with Crippen molar-refractivity contribution in [2.75, 3.05) is 0 Å². The van der Waals surface area contributed by atoms with Crippen LogP contribution in [0, 0.1) is 0 Å². The Hall–Kier alpha value is -1.79. The first-order chi connectivity index (χ1) is 16.5. The zero-order valence-electron chi connectivity index (χ0n) is 19.1. The maximum atomic E-state index is 5.46. The van der Waals surface area contributed by atoms with Crippen LogP contribution in [0.2, 0.25) is 42.8 Å². The van der Waals surface area contributed by atoms with Gasteiger partial charge in [0.15, 0.2) is 0 Å². The van der Waals surface area contributed by atoms with Crippen LogP contribution in [0.4, 0.5) is 0 Å². The van der Waals surface area contributed by atoms with Gasteiger partial charge < -0.3 is 0 Å². The zero-order chi connectivity index (χ0) is 21.8. The summed E-state index contributed by atoms with van der Waals surface area (Å²) in [6, 6.07) is 30.4. The van der Waals surface area contributed by atoms with Gasteiger partial charge in [-0.25, -0.2) is 0 Å². The van der Waals surface area contributed by atoms with Crippen LogP contribution in [0.5, 0.6) is 0 Å². The first kappa shape index (κ1) is 16.1. The van der Waals surface area contributed by atoms with E-state index in [1.54, 1.807) is 10.6 Å². The predicted octanol–water partition coefficient (Wildman–Crippen LogP) is 6.69. The summed E-state index contributed by atoms with van der Waals surface area (Å²) in [5.41, 5.74) is 1.03. The van der Waals surface area contributed by atoms with Crippen molar-refractivity contribution in [2.45, 2.75) is 59.9 Å². The van der Waals surface area contributed by atoms with Crippen LogP contribution in [0.3, 0.4) is 0 Å². The number of hydrogen-bond donors (Lipinski definition) is 0. The second-order valence-electron chi connectivity index (χ2n) is 15.0. The maximum absolute atomic E-state index is 5.46. The minimum absolute atomic E-state index is 0.304. The van der Waals surface area contributed by atoms with Crippen LogP contribution in [0.25, 0.3) is 0 Å². The predicted molar refractivity (Wildman–Crippen MR) is 136 cm³/mol. The fraction of sp³-hybridized carbons (Fsp3) is 0.400. The molecular formula is C30H27FeN2P. The number of aromatic nitrogens is 1. The molecule has 3 aromatic rings. The van der Waals surface area contributed by atoms with Gasteiger partial charge in [-0.3, -0.25) is 0 Å². The molecule has 10 aliphatic rings. The molecule has 2 nitrogen and oxygen atoms in total. The van der Waals surface area contributed by atoms with E-state index in [9.17, 15) is 0 Å². The monoisotopic (exact) mass is 502 g/mol. The standard InChI is InChI=1S/C25H22N2P.C5H5.Fe/c1-20(27-19-21-11-8-9-18-26-21)24-16-10-17-25(24)28(22-12-4-2-5-13-22)23-14-6-3-7-15-23;1-2-4-5-3-1;/h2-20H,1H3;1-5H;. The Bertz CT molecular complexity index is 1870. The first-order valence-corrected chi connectivity index (χ1v) is 20.6. The van der Waals surface area contributed by atoms with E-state index in [0.29, 0.717) is 14.4 Å². The normalized spacial score (nSPS) is 68.8. The summed E-state index contributed by atoms with van der Waals surface area (Å²) in [6.45, 7) is -1.13. The van der Waals surface area contributed by atoms with E-state index in [1.165, 1.54) is 38.5 Å².